The second kappa shape index (κ2) is 7.48. The van der Waals surface area contributed by atoms with Gasteiger partial charge in [0.1, 0.15) is 17.5 Å². The molecule has 7 heteroatoms. The van der Waals surface area contributed by atoms with Gasteiger partial charge < -0.3 is 10.6 Å². The summed E-state index contributed by atoms with van der Waals surface area (Å²) in [7, 11) is 0. The summed E-state index contributed by atoms with van der Waals surface area (Å²) in [6.07, 6.45) is 0. The van der Waals surface area contributed by atoms with Crippen molar-refractivity contribution in [3.05, 3.63) is 64.4 Å². The lowest BCUT2D eigenvalue weighted by molar-refractivity contribution is -0.115. The molecule has 0 radical (unpaired) electrons. The van der Waals surface area contributed by atoms with Crippen LogP contribution in [-0.4, -0.2) is 12.5 Å². The Bertz CT molecular complexity index is 724. The monoisotopic (exact) mass is 342 g/mol. The van der Waals surface area contributed by atoms with Crippen LogP contribution in [0.5, 0.6) is 0 Å². The first-order valence-corrected chi connectivity index (χ1v) is 7.18. The Morgan fingerprint density at radius 2 is 1.87 bits per heavy atom. The predicted octanol–water partition coefficient (Wildman–Crippen LogP) is 4.05. The molecule has 2 rings (SSSR count). The zero-order valence-corrected chi connectivity index (χ0v) is 12.9. The number of benzene rings is 2. The van der Waals surface area contributed by atoms with Crippen LogP contribution in [0.1, 0.15) is 18.5 Å². The molecule has 1 amide bonds. The molecule has 0 bridgehead atoms. The summed E-state index contributed by atoms with van der Waals surface area (Å²) in [5, 5.41) is 5.44. The van der Waals surface area contributed by atoms with Crippen LogP contribution in [0, 0.1) is 17.5 Å². The minimum Gasteiger partial charge on any atom is -0.322 e. The third kappa shape index (κ3) is 4.71. The van der Waals surface area contributed by atoms with E-state index >= 15 is 0 Å². The fourth-order valence-electron chi connectivity index (χ4n) is 2.00. The maximum atomic E-state index is 13.6. The second-order valence-corrected chi connectivity index (χ2v) is 5.38. The number of nitrogens with one attached hydrogen (secondary N) is 2. The molecule has 0 saturated heterocycles. The summed E-state index contributed by atoms with van der Waals surface area (Å²) < 4.78 is 40.0. The molecule has 23 heavy (non-hydrogen) atoms. The minimum absolute atomic E-state index is 0.0371. The molecule has 0 unspecified atom stereocenters. The molecule has 0 aliphatic carbocycles. The molecule has 0 saturated carbocycles. The van der Waals surface area contributed by atoms with Gasteiger partial charge >= 0.3 is 0 Å². The molecule has 2 N–H and O–H groups in total. The molecule has 2 aromatic carbocycles. The highest BCUT2D eigenvalue weighted by molar-refractivity contribution is 6.30. The maximum Gasteiger partial charge on any atom is 0.238 e. The Balaban J connectivity index is 1.94. The van der Waals surface area contributed by atoms with Gasteiger partial charge in [-0.15, -0.1) is 0 Å². The molecule has 122 valence electrons. The number of hydrogen-bond acceptors (Lipinski definition) is 2. The normalized spacial score (nSPS) is 12.0. The van der Waals surface area contributed by atoms with Gasteiger partial charge in [-0.25, -0.2) is 13.2 Å². The number of halogens is 4. The van der Waals surface area contributed by atoms with Crippen molar-refractivity contribution >= 4 is 23.2 Å². The Kier molecular flexibility index (Phi) is 5.63. The van der Waals surface area contributed by atoms with Crippen molar-refractivity contribution in [3.63, 3.8) is 0 Å². The molecule has 2 aromatic rings. The van der Waals surface area contributed by atoms with Crippen LogP contribution in [0.3, 0.4) is 0 Å². The van der Waals surface area contributed by atoms with Gasteiger partial charge in [0.2, 0.25) is 5.91 Å². The third-order valence-electron chi connectivity index (χ3n) is 3.20. The Morgan fingerprint density at radius 1 is 1.13 bits per heavy atom. The fraction of sp³-hybridized carbons (Fsp3) is 0.188. The zero-order valence-electron chi connectivity index (χ0n) is 12.2. The first kappa shape index (κ1) is 17.3. The highest BCUT2D eigenvalue weighted by atomic mass is 35.5. The molecule has 0 aliphatic rings. The lowest BCUT2D eigenvalue weighted by Gasteiger charge is -2.15. The van der Waals surface area contributed by atoms with Gasteiger partial charge in [0.05, 0.1) is 12.2 Å². The van der Waals surface area contributed by atoms with Gasteiger partial charge in [0.25, 0.3) is 0 Å². The molecule has 0 heterocycles. The Morgan fingerprint density at radius 3 is 2.57 bits per heavy atom. The molecular formula is C16H14ClF3N2O. The van der Waals surface area contributed by atoms with E-state index in [-0.39, 0.29) is 22.8 Å². The van der Waals surface area contributed by atoms with Crippen LogP contribution in [0.25, 0.3) is 0 Å². The molecule has 0 fully saturated rings. The van der Waals surface area contributed by atoms with Crippen LogP contribution >= 0.6 is 11.6 Å². The second-order valence-electron chi connectivity index (χ2n) is 4.94. The van der Waals surface area contributed by atoms with Gasteiger partial charge in [0, 0.05) is 22.7 Å². The zero-order chi connectivity index (χ0) is 17.0. The van der Waals surface area contributed by atoms with Crippen molar-refractivity contribution in [2.24, 2.45) is 0 Å². The van der Waals surface area contributed by atoms with Crippen LogP contribution in [-0.2, 0) is 4.79 Å². The van der Waals surface area contributed by atoms with E-state index in [0.29, 0.717) is 0 Å². The number of hydrogen-bond donors (Lipinski definition) is 2. The molecule has 0 aromatic heterocycles. The Labute approximate surface area is 136 Å². The van der Waals surface area contributed by atoms with E-state index in [1.807, 2.05) is 0 Å². The average molecular weight is 343 g/mol. The highest BCUT2D eigenvalue weighted by Crippen LogP contribution is 2.20. The first-order chi connectivity index (χ1) is 10.9. The number of carbonyl (C=O) groups is 1. The molecule has 1 atom stereocenters. The summed E-state index contributed by atoms with van der Waals surface area (Å²) in [5.41, 5.74) is 0.193. The predicted molar refractivity (Wildman–Crippen MR) is 82.8 cm³/mol. The van der Waals surface area contributed by atoms with Gasteiger partial charge in [-0.2, -0.15) is 0 Å². The SMILES string of the molecule is C[C@@H](NCC(=O)Nc1cc(Cl)ccc1F)c1ccc(F)cc1F. The van der Waals surface area contributed by atoms with E-state index in [9.17, 15) is 18.0 Å². The van der Waals surface area contributed by atoms with Crippen LogP contribution in [0.15, 0.2) is 36.4 Å². The fourth-order valence-corrected chi connectivity index (χ4v) is 2.17. The van der Waals surface area contributed by atoms with Gasteiger partial charge in [-0.3, -0.25) is 4.79 Å². The van der Waals surface area contributed by atoms with Gasteiger partial charge in [-0.1, -0.05) is 17.7 Å². The quantitative estimate of drug-likeness (QED) is 0.860. The van der Waals surface area contributed by atoms with E-state index in [0.717, 1.165) is 18.2 Å². The van der Waals surface area contributed by atoms with Gasteiger partial charge in [0.15, 0.2) is 0 Å². The minimum atomic E-state index is -0.703. The molecule has 3 nitrogen and oxygen atoms in total. The van der Waals surface area contributed by atoms with E-state index in [4.69, 9.17) is 11.6 Å². The van der Waals surface area contributed by atoms with E-state index < -0.39 is 29.4 Å². The molecular weight excluding hydrogens is 329 g/mol. The highest BCUT2D eigenvalue weighted by Gasteiger charge is 2.13. The maximum absolute atomic E-state index is 13.6. The first-order valence-electron chi connectivity index (χ1n) is 6.80. The third-order valence-corrected chi connectivity index (χ3v) is 3.44. The summed E-state index contributed by atoms with van der Waals surface area (Å²) in [4.78, 5) is 11.8. The number of carbonyl (C=O) groups excluding carboxylic acids is 1. The van der Waals surface area contributed by atoms with Gasteiger partial charge in [-0.05, 0) is 31.2 Å². The topological polar surface area (TPSA) is 41.1 Å². The van der Waals surface area contributed by atoms with Crippen molar-refractivity contribution < 1.29 is 18.0 Å². The molecule has 0 aliphatic heterocycles. The van der Waals surface area contributed by atoms with Crippen molar-refractivity contribution in [3.8, 4) is 0 Å². The van der Waals surface area contributed by atoms with E-state index in [1.165, 1.54) is 18.2 Å². The number of anilines is 1. The van der Waals surface area contributed by atoms with Crippen LogP contribution < -0.4 is 10.6 Å². The summed E-state index contributed by atoms with van der Waals surface area (Å²) in [5.74, 6) is -2.50. The van der Waals surface area contributed by atoms with Crippen molar-refractivity contribution in [1.29, 1.82) is 0 Å². The lowest BCUT2D eigenvalue weighted by atomic mass is 10.1. The molecule has 0 spiro atoms. The smallest absolute Gasteiger partial charge is 0.238 e. The summed E-state index contributed by atoms with van der Waals surface area (Å²) in [6, 6.07) is 6.49. The Hall–Kier alpha value is -2.05. The van der Waals surface area contributed by atoms with Crippen LogP contribution in [0.4, 0.5) is 18.9 Å². The van der Waals surface area contributed by atoms with Crippen molar-refractivity contribution in [2.75, 3.05) is 11.9 Å². The largest absolute Gasteiger partial charge is 0.322 e. The van der Waals surface area contributed by atoms with E-state index in [1.54, 1.807) is 6.92 Å². The average Bonchev–Trinajstić information content (AvgIpc) is 2.48. The summed E-state index contributed by atoms with van der Waals surface area (Å²) in [6.45, 7) is 1.45. The van der Waals surface area contributed by atoms with Crippen molar-refractivity contribution in [1.82, 2.24) is 5.32 Å². The standard InChI is InChI=1S/C16H14ClF3N2O/c1-9(12-4-3-11(18)7-14(12)20)21-8-16(23)22-15-6-10(17)2-5-13(15)19/h2-7,9,21H,8H2,1H3,(H,22,23)/t9-/m1/s1. The number of amides is 1. The van der Waals surface area contributed by atoms with Crippen LogP contribution in [0.2, 0.25) is 5.02 Å². The lowest BCUT2D eigenvalue weighted by Crippen LogP contribution is -2.30. The summed E-state index contributed by atoms with van der Waals surface area (Å²) >= 11 is 5.73. The van der Waals surface area contributed by atoms with Crippen molar-refractivity contribution in [2.45, 2.75) is 13.0 Å². The number of rotatable bonds is 5. The van der Waals surface area contributed by atoms with E-state index in [2.05, 4.69) is 10.6 Å².